The van der Waals surface area contributed by atoms with Crippen LogP contribution in [0.5, 0.6) is 0 Å². The number of nitrogens with one attached hydrogen (secondary N) is 2. The minimum atomic E-state index is -3.84. The molecule has 5 rings (SSSR count). The summed E-state index contributed by atoms with van der Waals surface area (Å²) in [7, 11) is -3.84. The van der Waals surface area contributed by atoms with Crippen LogP contribution in [-0.4, -0.2) is 8.42 Å². The molecule has 33 heavy (non-hydrogen) atoms. The van der Waals surface area contributed by atoms with E-state index in [9.17, 15) is 8.42 Å². The standard InChI is InChI=1S/C26H24Cl2N2O2S/c1-15-9-10-16(2)20(13-15)26-19-6-3-5-18(19)21-14-17(11-12-23(21)29-26)33(31,32)30-24-8-4-7-22(27)25(24)28/h3-5,7-14,18-19,26,29-30H,6H2,1-2H3/t18-,19+,26-/m0/s1. The molecule has 0 bridgehead atoms. The van der Waals surface area contributed by atoms with Gasteiger partial charge in [0.2, 0.25) is 0 Å². The molecule has 1 aliphatic carbocycles. The van der Waals surface area contributed by atoms with Gasteiger partial charge in [0.15, 0.2) is 0 Å². The Morgan fingerprint density at radius 2 is 1.82 bits per heavy atom. The average Bonchev–Trinajstić information content (AvgIpc) is 3.28. The Labute approximate surface area is 204 Å². The molecule has 0 unspecified atom stereocenters. The van der Waals surface area contributed by atoms with Gasteiger partial charge in [-0.1, -0.05) is 65.2 Å². The maximum absolute atomic E-state index is 13.2. The Balaban J connectivity index is 1.52. The predicted molar refractivity (Wildman–Crippen MR) is 136 cm³/mol. The molecule has 0 spiro atoms. The van der Waals surface area contributed by atoms with Gasteiger partial charge in [-0.2, -0.15) is 0 Å². The molecule has 0 saturated heterocycles. The van der Waals surface area contributed by atoms with Crippen molar-refractivity contribution in [2.75, 3.05) is 10.0 Å². The van der Waals surface area contributed by atoms with Crippen LogP contribution < -0.4 is 10.0 Å². The number of rotatable bonds is 4. The van der Waals surface area contributed by atoms with Crippen LogP contribution in [0.2, 0.25) is 10.0 Å². The molecular formula is C26H24Cl2N2O2S. The zero-order valence-electron chi connectivity index (χ0n) is 18.3. The topological polar surface area (TPSA) is 58.2 Å². The van der Waals surface area contributed by atoms with Crippen LogP contribution in [0.3, 0.4) is 0 Å². The minimum absolute atomic E-state index is 0.149. The summed E-state index contributed by atoms with van der Waals surface area (Å²) in [6.45, 7) is 4.26. The third-order valence-electron chi connectivity index (χ3n) is 6.61. The van der Waals surface area contributed by atoms with Gasteiger partial charge in [-0.25, -0.2) is 8.42 Å². The Morgan fingerprint density at radius 3 is 2.64 bits per heavy atom. The lowest BCUT2D eigenvalue weighted by molar-refractivity contribution is 0.424. The van der Waals surface area contributed by atoms with Gasteiger partial charge in [0.1, 0.15) is 0 Å². The van der Waals surface area contributed by atoms with Crippen LogP contribution in [0.4, 0.5) is 11.4 Å². The summed E-state index contributed by atoms with van der Waals surface area (Å²) in [6.07, 6.45) is 5.36. The van der Waals surface area contributed by atoms with Crippen molar-refractivity contribution in [3.8, 4) is 0 Å². The van der Waals surface area contributed by atoms with Crippen molar-refractivity contribution in [3.05, 3.63) is 99.0 Å². The van der Waals surface area contributed by atoms with E-state index in [4.69, 9.17) is 23.2 Å². The van der Waals surface area contributed by atoms with E-state index in [1.807, 2.05) is 6.07 Å². The third-order valence-corrected chi connectivity index (χ3v) is 8.79. The number of fused-ring (bicyclic) bond motifs is 3. The van der Waals surface area contributed by atoms with Crippen molar-refractivity contribution in [3.63, 3.8) is 0 Å². The molecule has 2 aliphatic rings. The van der Waals surface area contributed by atoms with Crippen LogP contribution in [0.25, 0.3) is 0 Å². The summed E-state index contributed by atoms with van der Waals surface area (Å²) in [4.78, 5) is 0.198. The number of anilines is 2. The summed E-state index contributed by atoms with van der Waals surface area (Å²) < 4.78 is 28.9. The lowest BCUT2D eigenvalue weighted by Gasteiger charge is -2.38. The minimum Gasteiger partial charge on any atom is -0.378 e. The monoisotopic (exact) mass is 498 g/mol. The van der Waals surface area contributed by atoms with Gasteiger partial charge in [-0.05, 0) is 73.2 Å². The summed E-state index contributed by atoms with van der Waals surface area (Å²) in [5, 5.41) is 4.18. The quantitative estimate of drug-likeness (QED) is 0.372. The van der Waals surface area contributed by atoms with Gasteiger partial charge in [0, 0.05) is 11.6 Å². The van der Waals surface area contributed by atoms with E-state index in [-0.39, 0.29) is 27.6 Å². The molecule has 0 saturated carbocycles. The van der Waals surface area contributed by atoms with E-state index in [0.717, 1.165) is 17.7 Å². The molecular weight excluding hydrogens is 475 g/mol. The third kappa shape index (κ3) is 4.03. The number of allylic oxidation sites excluding steroid dienone is 2. The fourth-order valence-electron chi connectivity index (χ4n) is 4.93. The molecule has 3 atom stereocenters. The summed E-state index contributed by atoms with van der Waals surface area (Å²) in [5.41, 5.74) is 6.01. The zero-order valence-corrected chi connectivity index (χ0v) is 20.6. The maximum Gasteiger partial charge on any atom is 0.261 e. The van der Waals surface area contributed by atoms with Crippen LogP contribution in [-0.2, 0) is 10.0 Å². The normalized spacial score (nSPS) is 21.3. The molecule has 0 aromatic heterocycles. The first-order valence-corrected chi connectivity index (χ1v) is 13.1. The van der Waals surface area contributed by atoms with E-state index in [1.165, 1.54) is 16.7 Å². The Hall–Kier alpha value is -2.47. The number of benzene rings is 3. The average molecular weight is 499 g/mol. The molecule has 1 aliphatic heterocycles. The first-order chi connectivity index (χ1) is 15.7. The zero-order chi connectivity index (χ0) is 23.3. The van der Waals surface area contributed by atoms with Crippen molar-refractivity contribution in [1.82, 2.24) is 0 Å². The van der Waals surface area contributed by atoms with Crippen LogP contribution >= 0.6 is 23.2 Å². The van der Waals surface area contributed by atoms with Gasteiger partial charge in [-0.15, -0.1) is 0 Å². The fourth-order valence-corrected chi connectivity index (χ4v) is 6.44. The van der Waals surface area contributed by atoms with Gasteiger partial charge in [0.05, 0.1) is 26.7 Å². The van der Waals surface area contributed by atoms with Crippen LogP contribution in [0, 0.1) is 19.8 Å². The molecule has 2 N–H and O–H groups in total. The lowest BCUT2D eigenvalue weighted by Crippen LogP contribution is -2.30. The van der Waals surface area contributed by atoms with Crippen molar-refractivity contribution in [1.29, 1.82) is 0 Å². The van der Waals surface area contributed by atoms with Crippen molar-refractivity contribution < 1.29 is 8.42 Å². The van der Waals surface area contributed by atoms with Gasteiger partial charge >= 0.3 is 0 Å². The molecule has 3 aromatic carbocycles. The van der Waals surface area contributed by atoms with E-state index in [1.54, 1.807) is 30.3 Å². The maximum atomic E-state index is 13.2. The molecule has 0 radical (unpaired) electrons. The number of sulfonamides is 1. The SMILES string of the molecule is Cc1ccc(C)c([C@H]2Nc3ccc(S(=O)(=O)Nc4cccc(Cl)c4Cl)cc3[C@H]3C=CC[C@H]32)c1. The van der Waals surface area contributed by atoms with Gasteiger partial charge in [0.25, 0.3) is 10.0 Å². The van der Waals surface area contributed by atoms with Crippen LogP contribution in [0.15, 0.2) is 71.6 Å². The highest BCUT2D eigenvalue weighted by Crippen LogP contribution is 2.50. The van der Waals surface area contributed by atoms with Crippen molar-refractivity contribution in [2.24, 2.45) is 5.92 Å². The first kappa shape index (κ1) is 22.3. The van der Waals surface area contributed by atoms with E-state index < -0.39 is 10.0 Å². The van der Waals surface area contributed by atoms with E-state index in [0.29, 0.717) is 10.9 Å². The highest BCUT2D eigenvalue weighted by molar-refractivity contribution is 7.92. The number of halogens is 2. The highest BCUT2D eigenvalue weighted by atomic mass is 35.5. The van der Waals surface area contributed by atoms with E-state index in [2.05, 4.69) is 54.2 Å². The molecule has 1 heterocycles. The second kappa shape index (κ2) is 8.39. The number of hydrogen-bond acceptors (Lipinski definition) is 3. The molecule has 0 fully saturated rings. The largest absolute Gasteiger partial charge is 0.378 e. The number of aryl methyl sites for hydroxylation is 2. The van der Waals surface area contributed by atoms with Crippen molar-refractivity contribution >= 4 is 44.6 Å². The predicted octanol–water partition coefficient (Wildman–Crippen LogP) is 7.24. The molecule has 0 amide bonds. The second-order valence-corrected chi connectivity index (χ2v) is 11.3. The smallest absolute Gasteiger partial charge is 0.261 e. The number of hydrogen-bond donors (Lipinski definition) is 2. The highest BCUT2D eigenvalue weighted by Gasteiger charge is 2.39. The summed E-state index contributed by atoms with van der Waals surface area (Å²) >= 11 is 12.2. The fraction of sp³-hybridized carbons (Fsp3) is 0.231. The van der Waals surface area contributed by atoms with Crippen molar-refractivity contribution in [2.45, 2.75) is 37.1 Å². The van der Waals surface area contributed by atoms with Gasteiger partial charge in [-0.3, -0.25) is 4.72 Å². The van der Waals surface area contributed by atoms with Crippen LogP contribution in [0.1, 0.15) is 40.6 Å². The lowest BCUT2D eigenvalue weighted by atomic mass is 9.76. The Kier molecular flexibility index (Phi) is 5.68. The molecule has 4 nitrogen and oxygen atoms in total. The Morgan fingerprint density at radius 1 is 1.00 bits per heavy atom. The van der Waals surface area contributed by atoms with E-state index >= 15 is 0 Å². The molecule has 170 valence electrons. The Bertz CT molecular complexity index is 1390. The first-order valence-electron chi connectivity index (χ1n) is 10.9. The van der Waals surface area contributed by atoms with Gasteiger partial charge < -0.3 is 5.32 Å². The summed E-state index contributed by atoms with van der Waals surface area (Å²) in [5.74, 6) is 0.474. The summed E-state index contributed by atoms with van der Waals surface area (Å²) in [6, 6.07) is 16.9. The molecule has 3 aromatic rings. The second-order valence-electron chi connectivity index (χ2n) is 8.79. The molecule has 7 heteroatoms.